The van der Waals surface area contributed by atoms with Gasteiger partial charge < -0.3 is 19.2 Å². The number of methoxy groups -OCH3 is 2. The molecule has 2 aromatic rings. The van der Waals surface area contributed by atoms with Gasteiger partial charge in [0.1, 0.15) is 5.82 Å². The number of aromatic amines is 1. The number of aromatic nitrogens is 2. The Morgan fingerprint density at radius 3 is 2.46 bits per heavy atom. The highest BCUT2D eigenvalue weighted by Gasteiger charge is 2.23. The van der Waals surface area contributed by atoms with Gasteiger partial charge in [-0.05, 0) is 19.9 Å². The van der Waals surface area contributed by atoms with E-state index in [1.807, 2.05) is 0 Å². The van der Waals surface area contributed by atoms with Gasteiger partial charge in [0.05, 0.1) is 43.9 Å². The lowest BCUT2D eigenvalue weighted by atomic mass is 10.2. The first-order valence-electron chi connectivity index (χ1n) is 8.03. The van der Waals surface area contributed by atoms with Crippen LogP contribution in [0.1, 0.15) is 19.7 Å². The van der Waals surface area contributed by atoms with Gasteiger partial charge in [-0.25, -0.2) is 4.98 Å². The van der Waals surface area contributed by atoms with Gasteiger partial charge in [-0.1, -0.05) is 0 Å². The number of fused-ring (bicyclic) bond motifs is 1. The van der Waals surface area contributed by atoms with E-state index in [0.717, 1.165) is 13.1 Å². The van der Waals surface area contributed by atoms with Crippen LogP contribution in [-0.2, 0) is 11.3 Å². The highest BCUT2D eigenvalue weighted by molar-refractivity contribution is 5.81. The van der Waals surface area contributed by atoms with Crippen molar-refractivity contribution in [2.24, 2.45) is 0 Å². The fourth-order valence-corrected chi connectivity index (χ4v) is 3.21. The van der Waals surface area contributed by atoms with Crippen molar-refractivity contribution in [2.75, 3.05) is 27.3 Å². The Labute approximate surface area is 140 Å². The van der Waals surface area contributed by atoms with Crippen molar-refractivity contribution < 1.29 is 14.2 Å². The van der Waals surface area contributed by atoms with Crippen LogP contribution in [-0.4, -0.2) is 54.4 Å². The minimum atomic E-state index is -0.176. The second kappa shape index (κ2) is 6.78. The van der Waals surface area contributed by atoms with Crippen LogP contribution in [0.3, 0.4) is 0 Å². The van der Waals surface area contributed by atoms with Crippen LogP contribution in [0.25, 0.3) is 10.9 Å². The van der Waals surface area contributed by atoms with Crippen molar-refractivity contribution in [3.05, 3.63) is 28.3 Å². The molecule has 130 valence electrons. The van der Waals surface area contributed by atoms with Gasteiger partial charge in [-0.3, -0.25) is 9.69 Å². The summed E-state index contributed by atoms with van der Waals surface area (Å²) in [5.41, 5.74) is 0.422. The number of morpholine rings is 1. The summed E-state index contributed by atoms with van der Waals surface area (Å²) < 4.78 is 16.3. The first-order valence-corrected chi connectivity index (χ1v) is 8.03. The number of nitrogens with one attached hydrogen (secondary N) is 1. The smallest absolute Gasteiger partial charge is 0.258 e. The van der Waals surface area contributed by atoms with Gasteiger partial charge in [0.25, 0.3) is 5.56 Å². The molecule has 0 spiro atoms. The summed E-state index contributed by atoms with van der Waals surface area (Å²) in [6.45, 7) is 6.32. The van der Waals surface area contributed by atoms with E-state index in [2.05, 4.69) is 28.7 Å². The van der Waals surface area contributed by atoms with Crippen LogP contribution in [0.2, 0.25) is 0 Å². The summed E-state index contributed by atoms with van der Waals surface area (Å²) in [5.74, 6) is 1.71. The zero-order valence-corrected chi connectivity index (χ0v) is 14.5. The summed E-state index contributed by atoms with van der Waals surface area (Å²) in [6, 6.07) is 3.39. The van der Waals surface area contributed by atoms with Gasteiger partial charge in [0.15, 0.2) is 11.5 Å². The van der Waals surface area contributed by atoms with Crippen LogP contribution < -0.4 is 15.0 Å². The van der Waals surface area contributed by atoms with Crippen molar-refractivity contribution in [1.82, 2.24) is 14.9 Å². The molecule has 0 unspecified atom stereocenters. The molecular formula is C17H23N3O4. The average Bonchev–Trinajstić information content (AvgIpc) is 2.52. The molecule has 3 rings (SSSR count). The lowest BCUT2D eigenvalue weighted by molar-refractivity contribution is -0.0710. The van der Waals surface area contributed by atoms with Gasteiger partial charge in [0, 0.05) is 19.2 Å². The number of rotatable bonds is 4. The van der Waals surface area contributed by atoms with E-state index in [4.69, 9.17) is 14.2 Å². The van der Waals surface area contributed by atoms with Gasteiger partial charge in [0.2, 0.25) is 0 Å². The number of ether oxygens (including phenoxy) is 3. The van der Waals surface area contributed by atoms with E-state index in [-0.39, 0.29) is 17.8 Å². The minimum Gasteiger partial charge on any atom is -0.493 e. The standard InChI is InChI=1S/C17H23N3O4/c1-10-7-20(8-11(2)24-10)9-16-18-13-6-15(23-4)14(22-3)5-12(13)17(21)19-16/h5-6,10-11H,7-9H2,1-4H3,(H,18,19,21)/t10-,11-/m1/s1. The normalized spacial score (nSPS) is 21.8. The Morgan fingerprint density at radius 1 is 1.21 bits per heavy atom. The zero-order valence-electron chi connectivity index (χ0n) is 14.5. The summed E-state index contributed by atoms with van der Waals surface area (Å²) >= 11 is 0. The monoisotopic (exact) mass is 333 g/mol. The Balaban J connectivity index is 1.93. The molecule has 0 bridgehead atoms. The molecule has 0 aliphatic carbocycles. The van der Waals surface area contributed by atoms with Crippen molar-refractivity contribution in [3.8, 4) is 11.5 Å². The number of H-pyrrole nitrogens is 1. The SMILES string of the molecule is COc1cc2nc(CN3C[C@@H](C)O[C@H](C)C3)[nH]c(=O)c2cc1OC. The molecule has 0 amide bonds. The maximum Gasteiger partial charge on any atom is 0.258 e. The van der Waals surface area contributed by atoms with Crippen molar-refractivity contribution in [2.45, 2.75) is 32.6 Å². The molecule has 1 N–H and O–H groups in total. The van der Waals surface area contributed by atoms with E-state index in [0.29, 0.717) is 34.8 Å². The highest BCUT2D eigenvalue weighted by Crippen LogP contribution is 2.30. The third-order valence-corrected chi connectivity index (χ3v) is 4.13. The second-order valence-corrected chi connectivity index (χ2v) is 6.19. The number of hydrogen-bond acceptors (Lipinski definition) is 6. The lowest BCUT2D eigenvalue weighted by Crippen LogP contribution is -2.45. The van der Waals surface area contributed by atoms with Crippen LogP contribution in [0.5, 0.6) is 11.5 Å². The van der Waals surface area contributed by atoms with E-state index in [1.54, 1.807) is 26.4 Å². The fraction of sp³-hybridized carbons (Fsp3) is 0.529. The topological polar surface area (TPSA) is 76.7 Å². The molecule has 7 nitrogen and oxygen atoms in total. The molecular weight excluding hydrogens is 310 g/mol. The first-order chi connectivity index (χ1) is 11.5. The van der Waals surface area contributed by atoms with Crippen molar-refractivity contribution in [1.29, 1.82) is 0 Å². The molecule has 2 atom stereocenters. The third kappa shape index (κ3) is 3.37. The summed E-state index contributed by atoms with van der Waals surface area (Å²) in [4.78, 5) is 22.1. The van der Waals surface area contributed by atoms with Gasteiger partial charge >= 0.3 is 0 Å². The summed E-state index contributed by atoms with van der Waals surface area (Å²) in [6.07, 6.45) is 0.343. The maximum absolute atomic E-state index is 12.4. The number of hydrogen-bond donors (Lipinski definition) is 1. The van der Waals surface area contributed by atoms with Crippen LogP contribution >= 0.6 is 0 Å². The van der Waals surface area contributed by atoms with E-state index < -0.39 is 0 Å². The largest absolute Gasteiger partial charge is 0.493 e. The Morgan fingerprint density at radius 2 is 1.83 bits per heavy atom. The van der Waals surface area contributed by atoms with E-state index in [1.165, 1.54) is 0 Å². The van der Waals surface area contributed by atoms with Crippen LogP contribution in [0, 0.1) is 0 Å². The molecule has 2 heterocycles. The maximum atomic E-state index is 12.4. The third-order valence-electron chi connectivity index (χ3n) is 4.13. The predicted octanol–water partition coefficient (Wildman–Crippen LogP) is 1.55. The molecule has 1 fully saturated rings. The van der Waals surface area contributed by atoms with E-state index in [9.17, 15) is 4.79 Å². The molecule has 1 aromatic carbocycles. The molecule has 0 saturated carbocycles. The molecule has 24 heavy (non-hydrogen) atoms. The highest BCUT2D eigenvalue weighted by atomic mass is 16.5. The van der Waals surface area contributed by atoms with Crippen molar-refractivity contribution in [3.63, 3.8) is 0 Å². The van der Waals surface area contributed by atoms with Gasteiger partial charge in [-0.15, -0.1) is 0 Å². The van der Waals surface area contributed by atoms with Gasteiger partial charge in [-0.2, -0.15) is 0 Å². The average molecular weight is 333 g/mol. The predicted molar refractivity (Wildman–Crippen MR) is 90.8 cm³/mol. The number of benzene rings is 1. The quantitative estimate of drug-likeness (QED) is 0.915. The van der Waals surface area contributed by atoms with Crippen LogP contribution in [0.4, 0.5) is 0 Å². The van der Waals surface area contributed by atoms with E-state index >= 15 is 0 Å². The number of nitrogens with zero attached hydrogens (tertiary/aromatic N) is 2. The fourth-order valence-electron chi connectivity index (χ4n) is 3.21. The summed E-state index contributed by atoms with van der Waals surface area (Å²) in [7, 11) is 3.11. The second-order valence-electron chi connectivity index (χ2n) is 6.19. The molecule has 7 heteroatoms. The lowest BCUT2D eigenvalue weighted by Gasteiger charge is -2.34. The summed E-state index contributed by atoms with van der Waals surface area (Å²) in [5, 5.41) is 0.486. The Hall–Kier alpha value is -2.12. The molecule has 1 aromatic heterocycles. The molecule has 1 aliphatic rings. The minimum absolute atomic E-state index is 0.172. The molecule has 0 radical (unpaired) electrons. The molecule has 1 aliphatic heterocycles. The Bertz CT molecular complexity index is 779. The van der Waals surface area contributed by atoms with Crippen LogP contribution in [0.15, 0.2) is 16.9 Å². The molecule has 1 saturated heterocycles. The zero-order chi connectivity index (χ0) is 17.3. The Kier molecular flexibility index (Phi) is 4.73. The first kappa shape index (κ1) is 16.7. The van der Waals surface area contributed by atoms with Crippen molar-refractivity contribution >= 4 is 10.9 Å².